The van der Waals surface area contributed by atoms with Crippen LogP contribution in [0.15, 0.2) is 18.2 Å². The van der Waals surface area contributed by atoms with Crippen molar-refractivity contribution in [3.8, 4) is 0 Å². The Morgan fingerprint density at radius 1 is 1.58 bits per heavy atom. The average Bonchev–Trinajstić information content (AvgIpc) is 2.85. The zero-order valence-electron chi connectivity index (χ0n) is 10.7. The van der Waals surface area contributed by atoms with Crippen molar-refractivity contribution in [3.63, 3.8) is 0 Å². The lowest BCUT2D eigenvalue weighted by atomic mass is 10.1. The van der Waals surface area contributed by atoms with Crippen LogP contribution in [0.1, 0.15) is 36.5 Å². The molecular formula is C13H16N2O4. The number of aromatic carboxylic acids is 1. The van der Waals surface area contributed by atoms with Crippen LogP contribution >= 0.6 is 0 Å². The third-order valence-corrected chi connectivity index (χ3v) is 3.59. The van der Waals surface area contributed by atoms with Crippen LogP contribution in [0.3, 0.4) is 0 Å². The van der Waals surface area contributed by atoms with Crippen molar-refractivity contribution in [2.45, 2.75) is 32.2 Å². The largest absolute Gasteiger partial charge is 0.477 e. The zero-order valence-corrected chi connectivity index (χ0v) is 10.7. The third kappa shape index (κ3) is 2.38. The first-order valence-corrected chi connectivity index (χ1v) is 6.33. The minimum Gasteiger partial charge on any atom is -0.477 e. The predicted molar refractivity (Wildman–Crippen MR) is 70.7 cm³/mol. The molecule has 1 saturated heterocycles. The van der Waals surface area contributed by atoms with Gasteiger partial charge < -0.3 is 10.0 Å². The number of rotatable bonds is 4. The van der Waals surface area contributed by atoms with Crippen molar-refractivity contribution in [2.75, 3.05) is 11.4 Å². The van der Waals surface area contributed by atoms with Gasteiger partial charge in [0.15, 0.2) is 0 Å². The number of nitro benzene ring substituents is 1. The molecule has 1 N–H and O–H groups in total. The summed E-state index contributed by atoms with van der Waals surface area (Å²) >= 11 is 0. The Bertz CT molecular complexity index is 515. The van der Waals surface area contributed by atoms with E-state index in [2.05, 4.69) is 0 Å². The van der Waals surface area contributed by atoms with Crippen LogP contribution in [0.5, 0.6) is 0 Å². The number of carbonyl (C=O) groups is 1. The number of nitro groups is 1. The van der Waals surface area contributed by atoms with Crippen LogP contribution < -0.4 is 4.90 Å². The van der Waals surface area contributed by atoms with Crippen LogP contribution in [-0.2, 0) is 0 Å². The summed E-state index contributed by atoms with van der Waals surface area (Å²) in [5.41, 5.74) is -0.117. The molecule has 0 spiro atoms. The van der Waals surface area contributed by atoms with Gasteiger partial charge >= 0.3 is 11.7 Å². The Balaban J connectivity index is 2.53. The van der Waals surface area contributed by atoms with Crippen LogP contribution in [0.4, 0.5) is 11.4 Å². The van der Waals surface area contributed by atoms with Gasteiger partial charge in [-0.25, -0.2) is 4.79 Å². The average molecular weight is 264 g/mol. The summed E-state index contributed by atoms with van der Waals surface area (Å²) in [6.45, 7) is 2.78. The van der Waals surface area contributed by atoms with Gasteiger partial charge in [0.2, 0.25) is 0 Å². The van der Waals surface area contributed by atoms with E-state index < -0.39 is 10.9 Å². The van der Waals surface area contributed by atoms with E-state index in [0.29, 0.717) is 5.69 Å². The topological polar surface area (TPSA) is 83.7 Å². The van der Waals surface area contributed by atoms with E-state index in [1.54, 1.807) is 12.1 Å². The number of hydrogen-bond donors (Lipinski definition) is 1. The van der Waals surface area contributed by atoms with E-state index in [-0.39, 0.29) is 17.3 Å². The normalized spacial score (nSPS) is 18.6. The lowest BCUT2D eigenvalue weighted by Gasteiger charge is -2.25. The van der Waals surface area contributed by atoms with E-state index >= 15 is 0 Å². The van der Waals surface area contributed by atoms with Gasteiger partial charge in [0.1, 0.15) is 11.3 Å². The fourth-order valence-electron chi connectivity index (χ4n) is 2.70. The van der Waals surface area contributed by atoms with Crippen LogP contribution in [0.2, 0.25) is 0 Å². The summed E-state index contributed by atoms with van der Waals surface area (Å²) < 4.78 is 0. The van der Waals surface area contributed by atoms with Crippen molar-refractivity contribution < 1.29 is 14.8 Å². The first-order valence-electron chi connectivity index (χ1n) is 6.33. The van der Waals surface area contributed by atoms with Gasteiger partial charge in [-0.3, -0.25) is 10.1 Å². The smallest absolute Gasteiger partial charge is 0.342 e. The summed E-state index contributed by atoms with van der Waals surface area (Å²) in [4.78, 5) is 23.7. The first-order chi connectivity index (χ1) is 9.06. The summed E-state index contributed by atoms with van der Waals surface area (Å²) in [5, 5.41) is 20.3. The van der Waals surface area contributed by atoms with E-state index in [1.165, 1.54) is 6.07 Å². The lowest BCUT2D eigenvalue weighted by Crippen LogP contribution is -2.29. The standard InChI is InChI=1S/C13H16N2O4/c1-2-9-5-4-8-14(9)11-7-3-6-10(13(16)17)12(11)15(18)19/h3,6-7,9H,2,4-5,8H2,1H3,(H,16,17). The van der Waals surface area contributed by atoms with Crippen molar-refractivity contribution in [3.05, 3.63) is 33.9 Å². The van der Waals surface area contributed by atoms with Gasteiger partial charge in [-0.2, -0.15) is 0 Å². The Kier molecular flexibility index (Phi) is 3.69. The molecule has 1 aromatic carbocycles. The van der Waals surface area contributed by atoms with Gasteiger partial charge in [-0.1, -0.05) is 13.0 Å². The zero-order chi connectivity index (χ0) is 14.0. The van der Waals surface area contributed by atoms with Gasteiger partial charge in [-0.15, -0.1) is 0 Å². The molecule has 2 rings (SSSR count). The molecule has 0 radical (unpaired) electrons. The summed E-state index contributed by atoms with van der Waals surface area (Å²) in [5.74, 6) is -1.26. The molecule has 0 bridgehead atoms. The number of carboxylic acids is 1. The molecule has 6 heteroatoms. The minimum atomic E-state index is -1.26. The van der Waals surface area contributed by atoms with E-state index in [0.717, 1.165) is 25.8 Å². The number of carboxylic acid groups (broad SMARTS) is 1. The quantitative estimate of drug-likeness (QED) is 0.667. The van der Waals surface area contributed by atoms with Crippen molar-refractivity contribution in [1.82, 2.24) is 0 Å². The number of anilines is 1. The molecule has 102 valence electrons. The maximum Gasteiger partial charge on any atom is 0.342 e. The molecular weight excluding hydrogens is 248 g/mol. The van der Waals surface area contributed by atoms with Crippen LogP contribution in [0.25, 0.3) is 0 Å². The maximum absolute atomic E-state index is 11.2. The molecule has 1 aromatic rings. The molecule has 1 unspecified atom stereocenters. The number of nitrogens with zero attached hydrogens (tertiary/aromatic N) is 2. The molecule has 1 heterocycles. The Morgan fingerprint density at radius 2 is 2.32 bits per heavy atom. The molecule has 0 aromatic heterocycles. The highest BCUT2D eigenvalue weighted by Gasteiger charge is 2.32. The highest BCUT2D eigenvalue weighted by Crippen LogP contribution is 2.36. The maximum atomic E-state index is 11.2. The molecule has 1 atom stereocenters. The van der Waals surface area contributed by atoms with E-state index in [9.17, 15) is 14.9 Å². The summed E-state index contributed by atoms with van der Waals surface area (Å²) in [7, 11) is 0. The second kappa shape index (κ2) is 5.26. The van der Waals surface area contributed by atoms with Crippen molar-refractivity contribution in [2.24, 2.45) is 0 Å². The molecule has 0 amide bonds. The van der Waals surface area contributed by atoms with Gasteiger partial charge in [0.25, 0.3) is 0 Å². The Labute approximate surface area is 110 Å². The van der Waals surface area contributed by atoms with Crippen molar-refractivity contribution in [1.29, 1.82) is 0 Å². The van der Waals surface area contributed by atoms with Crippen LogP contribution in [0, 0.1) is 10.1 Å². The Hall–Kier alpha value is -2.11. The number of para-hydroxylation sites is 1. The minimum absolute atomic E-state index is 0.246. The monoisotopic (exact) mass is 264 g/mol. The highest BCUT2D eigenvalue weighted by atomic mass is 16.6. The second-order valence-electron chi connectivity index (χ2n) is 4.63. The fourth-order valence-corrected chi connectivity index (χ4v) is 2.70. The fraction of sp³-hybridized carbons (Fsp3) is 0.462. The van der Waals surface area contributed by atoms with Gasteiger partial charge in [0.05, 0.1) is 4.92 Å². The lowest BCUT2D eigenvalue weighted by molar-refractivity contribution is -0.384. The number of benzene rings is 1. The molecule has 19 heavy (non-hydrogen) atoms. The SMILES string of the molecule is CCC1CCCN1c1cccc(C(=O)O)c1[N+](=O)[O-]. The summed E-state index contributed by atoms with van der Waals surface area (Å²) in [6.07, 6.45) is 2.87. The van der Waals surface area contributed by atoms with Crippen molar-refractivity contribution >= 4 is 17.3 Å². The molecule has 1 aliphatic rings. The molecule has 1 aliphatic heterocycles. The van der Waals surface area contributed by atoms with Gasteiger partial charge in [-0.05, 0) is 31.4 Å². The Morgan fingerprint density at radius 3 is 2.89 bits per heavy atom. The summed E-state index contributed by atoms with van der Waals surface area (Å²) in [6, 6.07) is 4.74. The molecule has 0 aliphatic carbocycles. The predicted octanol–water partition coefficient (Wildman–Crippen LogP) is 2.67. The molecule has 6 nitrogen and oxygen atoms in total. The highest BCUT2D eigenvalue weighted by molar-refractivity contribution is 5.95. The second-order valence-corrected chi connectivity index (χ2v) is 4.63. The third-order valence-electron chi connectivity index (χ3n) is 3.59. The molecule has 0 saturated carbocycles. The van der Waals surface area contributed by atoms with Crippen LogP contribution in [-0.4, -0.2) is 28.6 Å². The van der Waals surface area contributed by atoms with Gasteiger partial charge in [0, 0.05) is 12.6 Å². The molecule has 1 fully saturated rings. The number of hydrogen-bond acceptors (Lipinski definition) is 4. The van der Waals surface area contributed by atoms with E-state index in [4.69, 9.17) is 5.11 Å². The first kappa shape index (κ1) is 13.3. The van der Waals surface area contributed by atoms with E-state index in [1.807, 2.05) is 11.8 Å².